The van der Waals surface area contributed by atoms with Crippen LogP contribution in [-0.4, -0.2) is 71.7 Å². The summed E-state index contributed by atoms with van der Waals surface area (Å²) in [7, 11) is 1.43. The number of furan rings is 1. The van der Waals surface area contributed by atoms with Gasteiger partial charge in [0.1, 0.15) is 18.5 Å². The second-order valence-corrected chi connectivity index (χ2v) is 9.11. The molecule has 0 radical (unpaired) electrons. The van der Waals surface area contributed by atoms with E-state index < -0.39 is 24.2 Å². The minimum Gasteiger partial charge on any atom is -0.493 e. The van der Waals surface area contributed by atoms with Gasteiger partial charge in [-0.2, -0.15) is 0 Å². The molecule has 0 saturated heterocycles. The van der Waals surface area contributed by atoms with Gasteiger partial charge in [-0.3, -0.25) is 14.4 Å². The Kier molecular flexibility index (Phi) is 9.29. The summed E-state index contributed by atoms with van der Waals surface area (Å²) in [6.45, 7) is 1.38. The molecule has 11 heteroatoms. The Labute approximate surface area is 216 Å². The van der Waals surface area contributed by atoms with E-state index >= 15 is 0 Å². The normalized spacial score (nSPS) is 19.5. The minimum atomic E-state index is -1.19. The topological polar surface area (TPSA) is 139 Å². The van der Waals surface area contributed by atoms with Gasteiger partial charge >= 0.3 is 0 Å². The number of aliphatic hydroxyl groups is 2. The maximum absolute atomic E-state index is 12.8. The highest BCUT2D eigenvalue weighted by Crippen LogP contribution is 2.37. The number of amides is 2. The molecule has 2 amide bonds. The van der Waals surface area contributed by atoms with Crippen molar-refractivity contribution in [1.29, 1.82) is 0 Å². The molecule has 3 atom stereocenters. The van der Waals surface area contributed by atoms with Crippen molar-refractivity contribution < 1.29 is 38.5 Å². The number of aldehydes is 1. The number of halogens is 1. The average Bonchev–Trinajstić information content (AvgIpc) is 3.36. The zero-order chi connectivity index (χ0) is 25.5. The van der Waals surface area contributed by atoms with E-state index in [1.807, 2.05) is 22.6 Å². The van der Waals surface area contributed by atoms with Crippen LogP contribution in [0.3, 0.4) is 0 Å². The molecule has 0 bridgehead atoms. The summed E-state index contributed by atoms with van der Waals surface area (Å²) in [5.74, 6) is -0.156. The molecule has 0 aliphatic heterocycles. The number of nitrogens with zero attached hydrogens (tertiary/aromatic N) is 1. The molecule has 3 N–H and O–H groups in total. The Bertz CT molecular complexity index is 1090. The van der Waals surface area contributed by atoms with E-state index in [2.05, 4.69) is 5.32 Å². The second kappa shape index (κ2) is 12.2. The van der Waals surface area contributed by atoms with E-state index in [-0.39, 0.29) is 37.8 Å². The fourth-order valence-corrected chi connectivity index (χ4v) is 4.63. The van der Waals surface area contributed by atoms with Crippen LogP contribution in [0.5, 0.6) is 11.5 Å². The SMILES string of the molecule is COc1cc(C=O)cc(I)c1OC1C=C(C(=O)NCCO)CC(N(Cc2ccoc2)C(C)=O)C1O. The van der Waals surface area contributed by atoms with Crippen LogP contribution < -0.4 is 14.8 Å². The number of nitrogens with one attached hydrogen (secondary N) is 1. The number of rotatable bonds is 10. The van der Waals surface area contributed by atoms with Crippen molar-refractivity contribution >= 4 is 40.7 Å². The van der Waals surface area contributed by atoms with E-state index in [0.29, 0.717) is 26.7 Å². The number of hydrogen-bond acceptors (Lipinski definition) is 8. The van der Waals surface area contributed by atoms with Crippen molar-refractivity contribution in [2.45, 2.75) is 38.1 Å². The lowest BCUT2D eigenvalue weighted by Gasteiger charge is -2.40. The molecule has 10 nitrogen and oxygen atoms in total. The highest BCUT2D eigenvalue weighted by Gasteiger charge is 2.40. The molecule has 0 spiro atoms. The highest BCUT2D eigenvalue weighted by atomic mass is 127. The van der Waals surface area contributed by atoms with Gasteiger partial charge in [0.25, 0.3) is 0 Å². The van der Waals surface area contributed by atoms with Gasteiger partial charge in [-0.05, 0) is 46.9 Å². The molecule has 1 aliphatic carbocycles. The third-order valence-electron chi connectivity index (χ3n) is 5.59. The van der Waals surface area contributed by atoms with Crippen LogP contribution in [0.15, 0.2) is 46.8 Å². The monoisotopic (exact) mass is 598 g/mol. The van der Waals surface area contributed by atoms with E-state index in [1.165, 1.54) is 43.6 Å². The Morgan fingerprint density at radius 3 is 2.74 bits per heavy atom. The first-order chi connectivity index (χ1) is 16.8. The zero-order valence-electron chi connectivity index (χ0n) is 19.3. The van der Waals surface area contributed by atoms with Crippen molar-refractivity contribution in [1.82, 2.24) is 10.2 Å². The van der Waals surface area contributed by atoms with Gasteiger partial charge in [0.15, 0.2) is 11.5 Å². The van der Waals surface area contributed by atoms with Gasteiger partial charge in [-0.1, -0.05) is 0 Å². The van der Waals surface area contributed by atoms with Crippen LogP contribution in [0.2, 0.25) is 0 Å². The summed E-state index contributed by atoms with van der Waals surface area (Å²) in [4.78, 5) is 38.1. The quantitative estimate of drug-likeness (QED) is 0.278. The highest BCUT2D eigenvalue weighted by molar-refractivity contribution is 14.1. The summed E-state index contributed by atoms with van der Waals surface area (Å²) in [5, 5.41) is 23.0. The van der Waals surface area contributed by atoms with Crippen molar-refractivity contribution in [2.75, 3.05) is 20.3 Å². The number of methoxy groups -OCH3 is 1. The van der Waals surface area contributed by atoms with E-state index in [9.17, 15) is 19.5 Å². The predicted octanol–water partition coefficient (Wildman–Crippen LogP) is 1.67. The van der Waals surface area contributed by atoms with Crippen LogP contribution in [0.25, 0.3) is 0 Å². The third-order valence-corrected chi connectivity index (χ3v) is 6.40. The summed E-state index contributed by atoms with van der Waals surface area (Å²) in [5.41, 5.74) is 1.42. The van der Waals surface area contributed by atoms with E-state index in [4.69, 9.17) is 19.0 Å². The molecule has 1 heterocycles. The number of benzene rings is 1. The lowest BCUT2D eigenvalue weighted by Crippen LogP contribution is -2.54. The Morgan fingerprint density at radius 1 is 1.37 bits per heavy atom. The largest absolute Gasteiger partial charge is 0.493 e. The van der Waals surface area contributed by atoms with Crippen molar-refractivity contribution in [3.63, 3.8) is 0 Å². The molecule has 3 rings (SSSR count). The lowest BCUT2D eigenvalue weighted by molar-refractivity contribution is -0.137. The smallest absolute Gasteiger partial charge is 0.247 e. The van der Waals surface area contributed by atoms with Crippen LogP contribution in [-0.2, 0) is 16.1 Å². The molecule has 3 unspecified atom stereocenters. The fraction of sp³-hybridized carbons (Fsp3) is 0.375. The van der Waals surface area contributed by atoms with Gasteiger partial charge in [-0.15, -0.1) is 0 Å². The summed E-state index contributed by atoms with van der Waals surface area (Å²) >= 11 is 1.99. The van der Waals surface area contributed by atoms with Crippen molar-refractivity contribution in [2.24, 2.45) is 0 Å². The Hall–Kier alpha value is -2.90. The number of hydrogen-bond donors (Lipinski definition) is 3. The van der Waals surface area contributed by atoms with Crippen LogP contribution in [0, 0.1) is 3.57 Å². The maximum atomic E-state index is 12.8. The minimum absolute atomic E-state index is 0.0548. The summed E-state index contributed by atoms with van der Waals surface area (Å²) < 4.78 is 17.2. The second-order valence-electron chi connectivity index (χ2n) is 7.95. The predicted molar refractivity (Wildman–Crippen MR) is 133 cm³/mol. The van der Waals surface area contributed by atoms with Gasteiger partial charge in [0.05, 0.1) is 35.9 Å². The van der Waals surface area contributed by atoms with Crippen molar-refractivity contribution in [3.8, 4) is 11.5 Å². The van der Waals surface area contributed by atoms with Crippen molar-refractivity contribution in [3.05, 3.63) is 57.1 Å². The van der Waals surface area contributed by atoms with Gasteiger partial charge in [0.2, 0.25) is 11.8 Å². The standard InChI is InChI=1S/C24H27IN2O8/c1-14(30)27(11-15-3-6-34-13-15)19-9-17(24(32)26-4-5-28)10-20(22(19)31)35-23-18(25)7-16(12-29)8-21(23)33-2/h3,6-8,10,12-13,19-20,22,28,31H,4-5,9,11H2,1-2H3,(H,26,32). The van der Waals surface area contributed by atoms with Crippen LogP contribution in [0.1, 0.15) is 29.3 Å². The third kappa shape index (κ3) is 6.41. The molecule has 188 valence electrons. The molecule has 1 aliphatic rings. The van der Waals surface area contributed by atoms with Crippen LogP contribution >= 0.6 is 22.6 Å². The first-order valence-corrected chi connectivity index (χ1v) is 11.9. The number of carbonyl (C=O) groups is 3. The zero-order valence-corrected chi connectivity index (χ0v) is 21.4. The number of ether oxygens (including phenoxy) is 2. The maximum Gasteiger partial charge on any atom is 0.247 e. The Morgan fingerprint density at radius 2 is 2.14 bits per heavy atom. The van der Waals surface area contributed by atoms with Crippen LogP contribution in [0.4, 0.5) is 0 Å². The first kappa shape index (κ1) is 26.7. The van der Waals surface area contributed by atoms with Gasteiger partial charge in [0, 0.05) is 43.1 Å². The first-order valence-electron chi connectivity index (χ1n) is 10.8. The summed E-state index contributed by atoms with van der Waals surface area (Å²) in [6.07, 6.45) is 3.06. The molecular formula is C24H27IN2O8. The van der Waals surface area contributed by atoms with E-state index in [0.717, 1.165) is 5.56 Å². The fourth-order valence-electron chi connectivity index (χ4n) is 3.88. The molecule has 1 aromatic carbocycles. The Balaban J connectivity index is 1.99. The molecule has 35 heavy (non-hydrogen) atoms. The average molecular weight is 598 g/mol. The van der Waals surface area contributed by atoms with Gasteiger partial charge < -0.3 is 34.3 Å². The number of carbonyl (C=O) groups excluding carboxylic acids is 3. The molecule has 1 aromatic heterocycles. The lowest BCUT2D eigenvalue weighted by atomic mass is 9.88. The van der Waals surface area contributed by atoms with E-state index in [1.54, 1.807) is 12.1 Å². The molecule has 2 aromatic rings. The number of aliphatic hydroxyl groups excluding tert-OH is 2. The summed E-state index contributed by atoms with van der Waals surface area (Å²) in [6, 6.07) is 4.05. The molecule has 0 saturated carbocycles. The molecule has 0 fully saturated rings. The van der Waals surface area contributed by atoms with Gasteiger partial charge in [-0.25, -0.2) is 0 Å². The molecular weight excluding hydrogens is 571 g/mol.